The predicted octanol–water partition coefficient (Wildman–Crippen LogP) is 0.820. The van der Waals surface area contributed by atoms with Crippen LogP contribution in [-0.2, 0) is 0 Å². The number of nitrogens with zero attached hydrogens (tertiary/aromatic N) is 2. The van der Waals surface area contributed by atoms with E-state index in [-0.39, 0.29) is 5.01 Å². The van der Waals surface area contributed by atoms with Crippen molar-refractivity contribution in [2.24, 2.45) is 0 Å². The molecule has 1 aromatic carbocycles. The first kappa shape index (κ1) is 13.4. The smallest absolute Gasteiger partial charge is 0.267 e. The molecule has 0 spiro atoms. The van der Waals surface area contributed by atoms with Crippen molar-refractivity contribution in [2.45, 2.75) is 0 Å². The molecule has 5 nitrogen and oxygen atoms in total. The largest absolute Gasteiger partial charge is 0.280 e. The molecule has 102 valence electrons. The zero-order chi connectivity index (χ0) is 14.5. The zero-order valence-corrected chi connectivity index (χ0v) is 9.72. The van der Waals surface area contributed by atoms with Gasteiger partial charge < -0.3 is 0 Å². The van der Waals surface area contributed by atoms with Crippen LogP contribution in [0.4, 0.5) is 17.6 Å². The van der Waals surface area contributed by atoms with Crippen molar-refractivity contribution in [1.82, 2.24) is 15.6 Å². The molecule has 19 heavy (non-hydrogen) atoms. The molecule has 0 radical (unpaired) electrons. The van der Waals surface area contributed by atoms with E-state index in [2.05, 4.69) is 5.53 Å². The highest BCUT2D eigenvalue weighted by Crippen LogP contribution is 2.30. The quantitative estimate of drug-likeness (QED) is 0.286. The van der Waals surface area contributed by atoms with Crippen LogP contribution >= 0.6 is 0 Å². The highest BCUT2D eigenvalue weighted by Gasteiger charge is 2.44. The predicted molar refractivity (Wildman–Crippen MR) is 53.6 cm³/mol. The topological polar surface area (TPSA) is 52.6 Å². The van der Waals surface area contributed by atoms with Crippen LogP contribution in [0.1, 0.15) is 20.7 Å². The van der Waals surface area contributed by atoms with Crippen LogP contribution in [0.15, 0.2) is 0 Å². The van der Waals surface area contributed by atoms with E-state index < -0.39 is 46.2 Å². The molecule has 0 atom stereocenters. The second-order valence-electron chi connectivity index (χ2n) is 3.95. The summed E-state index contributed by atoms with van der Waals surface area (Å²) in [5, 5.41) is 1.40. The SMILES string of the molecule is CN(C)NN1C(=O)c2c(F)c(F)c(F)c(F)c2C1=O. The van der Waals surface area contributed by atoms with Crippen LogP contribution in [0.25, 0.3) is 0 Å². The number of hydrazine groups is 2. The van der Waals surface area contributed by atoms with Gasteiger partial charge in [0.25, 0.3) is 11.8 Å². The highest BCUT2D eigenvalue weighted by atomic mass is 19.2. The normalized spacial score (nSPS) is 14.6. The van der Waals surface area contributed by atoms with Gasteiger partial charge in [-0.25, -0.2) is 22.6 Å². The van der Waals surface area contributed by atoms with Crippen LogP contribution in [0.2, 0.25) is 0 Å². The number of halogens is 4. The number of benzene rings is 1. The molecule has 0 saturated carbocycles. The number of fused-ring (bicyclic) bond motifs is 1. The summed E-state index contributed by atoms with van der Waals surface area (Å²) in [4.78, 5) is 23.4. The summed E-state index contributed by atoms with van der Waals surface area (Å²) < 4.78 is 53.0. The molecule has 0 bridgehead atoms. The Morgan fingerprint density at radius 2 is 1.21 bits per heavy atom. The molecule has 1 heterocycles. The summed E-state index contributed by atoms with van der Waals surface area (Å²) >= 11 is 0. The average molecular weight is 277 g/mol. The fraction of sp³-hybridized carbons (Fsp3) is 0.200. The Balaban J connectivity index is 2.66. The second kappa shape index (κ2) is 4.28. The van der Waals surface area contributed by atoms with Gasteiger partial charge in [-0.3, -0.25) is 9.59 Å². The van der Waals surface area contributed by atoms with E-state index in [1.165, 1.54) is 14.1 Å². The van der Waals surface area contributed by atoms with Crippen LogP contribution < -0.4 is 5.53 Å². The maximum absolute atomic E-state index is 13.5. The maximum atomic E-state index is 13.5. The fourth-order valence-electron chi connectivity index (χ4n) is 1.64. The molecule has 1 aliphatic heterocycles. The molecule has 1 aromatic rings. The van der Waals surface area contributed by atoms with E-state index in [4.69, 9.17) is 0 Å². The van der Waals surface area contributed by atoms with E-state index in [1.54, 1.807) is 0 Å². The Morgan fingerprint density at radius 3 is 1.53 bits per heavy atom. The van der Waals surface area contributed by atoms with E-state index in [1.807, 2.05) is 0 Å². The summed E-state index contributed by atoms with van der Waals surface area (Å²) in [6.07, 6.45) is 0. The summed E-state index contributed by atoms with van der Waals surface area (Å²) in [6, 6.07) is 0. The Morgan fingerprint density at radius 1 is 0.842 bits per heavy atom. The molecular weight excluding hydrogens is 270 g/mol. The number of imide groups is 1. The average Bonchev–Trinajstić information content (AvgIpc) is 2.58. The van der Waals surface area contributed by atoms with E-state index in [0.717, 1.165) is 5.01 Å². The monoisotopic (exact) mass is 277 g/mol. The standard InChI is InChI=1S/C10H7F4N3O2/c1-16(2)15-17-9(18)3-4(10(17)19)6(12)8(14)7(13)5(3)11/h15H,1-2H3. The van der Waals surface area contributed by atoms with Crippen molar-refractivity contribution in [1.29, 1.82) is 0 Å². The molecule has 9 heteroatoms. The fourth-order valence-corrected chi connectivity index (χ4v) is 1.64. The first-order chi connectivity index (χ1) is 8.77. The molecule has 0 aromatic heterocycles. The molecule has 0 unspecified atom stereocenters. The van der Waals surface area contributed by atoms with Crippen LogP contribution in [0, 0.1) is 23.3 Å². The second-order valence-corrected chi connectivity index (χ2v) is 3.95. The molecule has 0 fully saturated rings. The first-order valence-corrected chi connectivity index (χ1v) is 4.95. The number of hydrogen-bond acceptors (Lipinski definition) is 4. The molecule has 2 rings (SSSR count). The van der Waals surface area contributed by atoms with E-state index >= 15 is 0 Å². The van der Waals surface area contributed by atoms with Crippen molar-refractivity contribution in [3.05, 3.63) is 34.4 Å². The third-order valence-corrected chi connectivity index (χ3v) is 2.40. The van der Waals surface area contributed by atoms with Gasteiger partial charge in [0, 0.05) is 14.1 Å². The van der Waals surface area contributed by atoms with Crippen molar-refractivity contribution < 1.29 is 27.2 Å². The number of hydrogen-bond donors (Lipinski definition) is 1. The van der Waals surface area contributed by atoms with Gasteiger partial charge in [0.15, 0.2) is 23.3 Å². The lowest BCUT2D eigenvalue weighted by molar-refractivity contribution is 0.0352. The molecule has 2 amide bonds. The zero-order valence-electron chi connectivity index (χ0n) is 9.72. The first-order valence-electron chi connectivity index (χ1n) is 4.95. The molecule has 1 N–H and O–H groups in total. The van der Waals surface area contributed by atoms with Crippen molar-refractivity contribution >= 4 is 11.8 Å². The third-order valence-electron chi connectivity index (χ3n) is 2.40. The lowest BCUT2D eigenvalue weighted by atomic mass is 10.1. The highest BCUT2D eigenvalue weighted by molar-refractivity contribution is 6.21. The maximum Gasteiger partial charge on any atom is 0.280 e. The van der Waals surface area contributed by atoms with E-state index in [9.17, 15) is 27.2 Å². The summed E-state index contributed by atoms with van der Waals surface area (Å²) in [6.45, 7) is 0. The van der Waals surface area contributed by atoms with E-state index in [0.29, 0.717) is 0 Å². The minimum Gasteiger partial charge on any atom is -0.267 e. The number of rotatable bonds is 2. The minimum absolute atomic E-state index is 0.260. The summed E-state index contributed by atoms with van der Waals surface area (Å²) in [7, 11) is 2.80. The van der Waals surface area contributed by atoms with Gasteiger partial charge >= 0.3 is 0 Å². The van der Waals surface area contributed by atoms with Gasteiger partial charge in [0.1, 0.15) is 0 Å². The number of nitrogens with one attached hydrogen (secondary N) is 1. The Labute approximate surface area is 104 Å². The van der Waals surface area contributed by atoms with Crippen LogP contribution in [0.3, 0.4) is 0 Å². The van der Waals surface area contributed by atoms with Gasteiger partial charge in [-0.1, -0.05) is 0 Å². The number of carbonyl (C=O) groups excluding carboxylic acids is 2. The molecule has 1 aliphatic rings. The lowest BCUT2D eigenvalue weighted by Crippen LogP contribution is -2.49. The summed E-state index contributed by atoms with van der Waals surface area (Å²) in [5.41, 5.74) is -0.0870. The summed E-state index contributed by atoms with van der Waals surface area (Å²) in [5.74, 6) is -10.7. The minimum atomic E-state index is -2.14. The lowest BCUT2D eigenvalue weighted by Gasteiger charge is -2.19. The number of amides is 2. The van der Waals surface area contributed by atoms with Crippen LogP contribution in [0.5, 0.6) is 0 Å². The van der Waals surface area contributed by atoms with Gasteiger partial charge in [0.2, 0.25) is 0 Å². The molecule has 0 aliphatic carbocycles. The van der Waals surface area contributed by atoms with Gasteiger partial charge in [-0.15, -0.1) is 0 Å². The molecule has 0 saturated heterocycles. The Kier molecular flexibility index (Phi) is 3.03. The Hall–Kier alpha value is -2.00. The molecular formula is C10H7F4N3O2. The van der Waals surface area contributed by atoms with Crippen molar-refractivity contribution in [3.63, 3.8) is 0 Å². The van der Waals surface area contributed by atoms with Gasteiger partial charge in [0.05, 0.1) is 11.1 Å². The Bertz CT molecular complexity index is 556. The van der Waals surface area contributed by atoms with Crippen molar-refractivity contribution in [3.8, 4) is 0 Å². The van der Waals surface area contributed by atoms with Gasteiger partial charge in [-0.05, 0) is 0 Å². The third kappa shape index (κ3) is 1.78. The number of carbonyl (C=O) groups is 2. The van der Waals surface area contributed by atoms with Crippen LogP contribution in [-0.4, -0.2) is 35.9 Å². The van der Waals surface area contributed by atoms with Gasteiger partial charge in [-0.2, -0.15) is 10.5 Å². The van der Waals surface area contributed by atoms with Crippen molar-refractivity contribution in [2.75, 3.05) is 14.1 Å².